The molecule has 1 aliphatic carbocycles. The molecule has 26 heavy (non-hydrogen) atoms. The van der Waals surface area contributed by atoms with Gasteiger partial charge in [-0.25, -0.2) is 24.7 Å². The Hall–Kier alpha value is -3.29. The molecule has 1 fully saturated rings. The summed E-state index contributed by atoms with van der Waals surface area (Å²) in [4.78, 5) is 30.1. The summed E-state index contributed by atoms with van der Waals surface area (Å²) in [7, 11) is 1.73. The second kappa shape index (κ2) is 5.62. The fourth-order valence-corrected chi connectivity index (χ4v) is 3.54. The molecular weight excluding hydrogens is 330 g/mol. The largest absolute Gasteiger partial charge is 0.351 e. The van der Waals surface area contributed by atoms with Crippen LogP contribution >= 0.6 is 0 Å². The Morgan fingerprint density at radius 1 is 1.08 bits per heavy atom. The van der Waals surface area contributed by atoms with Crippen LogP contribution in [0.1, 0.15) is 18.9 Å². The monoisotopic (exact) mass is 347 g/mol. The Balaban J connectivity index is 1.36. The van der Waals surface area contributed by atoms with Crippen molar-refractivity contribution < 1.29 is 0 Å². The first kappa shape index (κ1) is 15.0. The number of anilines is 1. The normalized spacial score (nSPS) is 19.6. The van der Waals surface area contributed by atoms with Gasteiger partial charge in [0.2, 0.25) is 5.95 Å². The van der Waals surface area contributed by atoms with E-state index in [1.54, 1.807) is 28.6 Å². The summed E-state index contributed by atoms with van der Waals surface area (Å²) in [6.07, 6.45) is 6.70. The average molecular weight is 347 g/mol. The first-order chi connectivity index (χ1) is 12.7. The molecule has 4 aromatic rings. The standard InChI is InChI=1S/C18H17N7O/c1-24-15-16(20-7-6-19-15)25(18(24)26)13-8-12(9-13)22-17-21-10-11-4-2-3-5-14(11)23-17/h2-7,10,12-13H,8-9H2,1H3,(H,21,22,23)/t12-,13-. The molecule has 1 N–H and O–H groups in total. The van der Waals surface area contributed by atoms with E-state index in [9.17, 15) is 4.79 Å². The molecule has 3 heterocycles. The predicted octanol–water partition coefficient (Wildman–Crippen LogP) is 1.89. The minimum atomic E-state index is -0.0726. The van der Waals surface area contributed by atoms with Crippen molar-refractivity contribution in [1.82, 2.24) is 29.1 Å². The van der Waals surface area contributed by atoms with Crippen LogP contribution in [0.5, 0.6) is 0 Å². The van der Waals surface area contributed by atoms with Crippen LogP contribution < -0.4 is 11.0 Å². The van der Waals surface area contributed by atoms with Gasteiger partial charge in [0.25, 0.3) is 0 Å². The van der Waals surface area contributed by atoms with Gasteiger partial charge in [-0.1, -0.05) is 18.2 Å². The third-order valence-electron chi connectivity index (χ3n) is 5.00. The first-order valence-electron chi connectivity index (χ1n) is 8.57. The molecule has 8 heteroatoms. The molecule has 0 unspecified atom stereocenters. The van der Waals surface area contributed by atoms with Crippen LogP contribution in [0.2, 0.25) is 0 Å². The van der Waals surface area contributed by atoms with Crippen LogP contribution in [-0.4, -0.2) is 35.1 Å². The maximum Gasteiger partial charge on any atom is 0.331 e. The Kier molecular flexibility index (Phi) is 3.24. The molecule has 5 rings (SSSR count). The molecule has 3 aromatic heterocycles. The lowest BCUT2D eigenvalue weighted by molar-refractivity contribution is 0.280. The minimum absolute atomic E-state index is 0.0726. The Morgan fingerprint density at radius 3 is 2.69 bits per heavy atom. The lowest BCUT2D eigenvalue weighted by atomic mass is 9.86. The van der Waals surface area contributed by atoms with Gasteiger partial charge in [0.05, 0.1) is 5.52 Å². The maximum atomic E-state index is 12.5. The lowest BCUT2D eigenvalue weighted by Gasteiger charge is -2.36. The van der Waals surface area contributed by atoms with E-state index in [-0.39, 0.29) is 17.8 Å². The number of imidazole rings is 1. The predicted molar refractivity (Wildman–Crippen MR) is 98.0 cm³/mol. The number of nitrogens with zero attached hydrogens (tertiary/aromatic N) is 6. The number of nitrogens with one attached hydrogen (secondary N) is 1. The van der Waals surface area contributed by atoms with Gasteiger partial charge in [-0.15, -0.1) is 0 Å². The number of aromatic nitrogens is 6. The summed E-state index contributed by atoms with van der Waals surface area (Å²) < 4.78 is 3.30. The quantitative estimate of drug-likeness (QED) is 0.609. The van der Waals surface area contributed by atoms with E-state index in [0.29, 0.717) is 17.2 Å². The fourth-order valence-electron chi connectivity index (χ4n) is 3.54. The van der Waals surface area contributed by atoms with E-state index in [1.807, 2.05) is 30.5 Å². The molecule has 0 bridgehead atoms. The molecule has 130 valence electrons. The molecule has 1 aliphatic rings. The molecule has 1 aromatic carbocycles. The summed E-state index contributed by atoms with van der Waals surface area (Å²) in [5.74, 6) is 0.622. The van der Waals surface area contributed by atoms with Crippen molar-refractivity contribution in [2.75, 3.05) is 5.32 Å². The Morgan fingerprint density at radius 2 is 1.85 bits per heavy atom. The van der Waals surface area contributed by atoms with Gasteiger partial charge in [-0.3, -0.25) is 9.13 Å². The minimum Gasteiger partial charge on any atom is -0.351 e. The molecule has 1 saturated carbocycles. The van der Waals surface area contributed by atoms with Crippen molar-refractivity contribution in [2.45, 2.75) is 24.9 Å². The van der Waals surface area contributed by atoms with E-state index >= 15 is 0 Å². The van der Waals surface area contributed by atoms with Crippen molar-refractivity contribution in [3.63, 3.8) is 0 Å². The molecule has 0 amide bonds. The number of fused-ring (bicyclic) bond motifs is 2. The lowest BCUT2D eigenvalue weighted by Crippen LogP contribution is -2.41. The fraction of sp³-hybridized carbons (Fsp3) is 0.278. The third-order valence-corrected chi connectivity index (χ3v) is 5.00. The van der Waals surface area contributed by atoms with Gasteiger partial charge in [0.15, 0.2) is 11.3 Å². The van der Waals surface area contributed by atoms with Gasteiger partial charge < -0.3 is 5.32 Å². The average Bonchev–Trinajstić information content (AvgIpc) is 2.89. The topological polar surface area (TPSA) is 90.5 Å². The van der Waals surface area contributed by atoms with Crippen molar-refractivity contribution in [1.29, 1.82) is 0 Å². The second-order valence-corrected chi connectivity index (χ2v) is 6.63. The Labute approximate surface area is 148 Å². The maximum absolute atomic E-state index is 12.5. The number of hydrogen-bond donors (Lipinski definition) is 1. The van der Waals surface area contributed by atoms with E-state index in [4.69, 9.17) is 0 Å². The molecule has 0 saturated heterocycles. The van der Waals surface area contributed by atoms with E-state index in [1.165, 1.54) is 0 Å². The molecule has 0 atom stereocenters. The van der Waals surface area contributed by atoms with Crippen molar-refractivity contribution in [3.8, 4) is 0 Å². The van der Waals surface area contributed by atoms with Crippen molar-refractivity contribution in [2.24, 2.45) is 7.05 Å². The highest BCUT2D eigenvalue weighted by atomic mass is 16.1. The number of para-hydroxylation sites is 1. The number of aryl methyl sites for hydroxylation is 1. The highest BCUT2D eigenvalue weighted by molar-refractivity contribution is 5.78. The summed E-state index contributed by atoms with van der Waals surface area (Å²) in [5.41, 5.74) is 2.11. The number of benzene rings is 1. The summed E-state index contributed by atoms with van der Waals surface area (Å²) in [6.45, 7) is 0. The number of rotatable bonds is 3. The third kappa shape index (κ3) is 2.26. The van der Waals surface area contributed by atoms with Crippen LogP contribution in [0.4, 0.5) is 5.95 Å². The summed E-state index contributed by atoms with van der Waals surface area (Å²) in [6, 6.07) is 8.25. The van der Waals surface area contributed by atoms with Crippen LogP contribution in [-0.2, 0) is 7.05 Å². The van der Waals surface area contributed by atoms with Crippen LogP contribution in [0, 0.1) is 0 Å². The van der Waals surface area contributed by atoms with Crippen molar-refractivity contribution >= 4 is 28.1 Å². The summed E-state index contributed by atoms with van der Waals surface area (Å²) in [5, 5.41) is 4.38. The summed E-state index contributed by atoms with van der Waals surface area (Å²) >= 11 is 0. The SMILES string of the molecule is Cn1c(=O)n([C@H]2C[C@H](Nc3ncc4ccccc4n3)C2)c2nccnc21. The molecule has 0 spiro atoms. The molecule has 8 nitrogen and oxygen atoms in total. The first-order valence-corrected chi connectivity index (χ1v) is 8.57. The van der Waals surface area contributed by atoms with Crippen molar-refractivity contribution in [3.05, 3.63) is 53.3 Å². The van der Waals surface area contributed by atoms with E-state index < -0.39 is 0 Å². The smallest absolute Gasteiger partial charge is 0.331 e. The van der Waals surface area contributed by atoms with Crippen LogP contribution in [0.25, 0.3) is 22.2 Å². The highest BCUT2D eigenvalue weighted by Crippen LogP contribution is 2.34. The van der Waals surface area contributed by atoms with Gasteiger partial charge in [-0.05, 0) is 18.9 Å². The Bertz CT molecular complexity index is 1170. The van der Waals surface area contributed by atoms with Crippen LogP contribution in [0.15, 0.2) is 47.7 Å². The molecular formula is C18H17N7O. The molecule has 0 aliphatic heterocycles. The molecule has 0 radical (unpaired) electrons. The zero-order valence-corrected chi connectivity index (χ0v) is 14.2. The van der Waals surface area contributed by atoms with E-state index in [0.717, 1.165) is 23.7 Å². The number of hydrogen-bond acceptors (Lipinski definition) is 6. The van der Waals surface area contributed by atoms with Crippen LogP contribution in [0.3, 0.4) is 0 Å². The second-order valence-electron chi connectivity index (χ2n) is 6.63. The zero-order chi connectivity index (χ0) is 17.7. The van der Waals surface area contributed by atoms with Gasteiger partial charge >= 0.3 is 5.69 Å². The van der Waals surface area contributed by atoms with Gasteiger partial charge in [0, 0.05) is 43.1 Å². The highest BCUT2D eigenvalue weighted by Gasteiger charge is 2.34. The zero-order valence-electron chi connectivity index (χ0n) is 14.2. The van der Waals surface area contributed by atoms with E-state index in [2.05, 4.69) is 25.3 Å². The van der Waals surface area contributed by atoms with Gasteiger partial charge in [-0.2, -0.15) is 0 Å². The van der Waals surface area contributed by atoms with Gasteiger partial charge in [0.1, 0.15) is 0 Å².